The van der Waals surface area contributed by atoms with E-state index in [1.54, 1.807) is 6.08 Å². The fraction of sp³-hybridized carbons (Fsp3) is 0.700. The second-order valence-electron chi connectivity index (χ2n) is 3.19. The number of amides is 1. The zero-order valence-electron chi connectivity index (χ0n) is 7.92. The molecule has 0 spiro atoms. The van der Waals surface area contributed by atoms with Gasteiger partial charge < -0.3 is 4.90 Å². The minimum Gasteiger partial charge on any atom is -0.336 e. The molecule has 1 heterocycles. The molecule has 0 N–H and O–H groups in total. The SMILES string of the molecule is CCC(CC)N1CCC=CC1=O. The molecule has 1 aliphatic heterocycles. The summed E-state index contributed by atoms with van der Waals surface area (Å²) in [7, 11) is 0. The van der Waals surface area contributed by atoms with Gasteiger partial charge in [0.25, 0.3) is 0 Å². The van der Waals surface area contributed by atoms with E-state index in [1.165, 1.54) is 0 Å². The highest BCUT2D eigenvalue weighted by Crippen LogP contribution is 2.13. The third kappa shape index (κ3) is 1.87. The lowest BCUT2D eigenvalue weighted by molar-refractivity contribution is -0.129. The van der Waals surface area contributed by atoms with Crippen LogP contribution in [-0.4, -0.2) is 23.4 Å². The molecule has 0 aromatic carbocycles. The van der Waals surface area contributed by atoms with E-state index in [1.807, 2.05) is 11.0 Å². The Morgan fingerprint density at radius 1 is 1.50 bits per heavy atom. The smallest absolute Gasteiger partial charge is 0.246 e. The van der Waals surface area contributed by atoms with Gasteiger partial charge in [-0.15, -0.1) is 0 Å². The predicted molar refractivity (Wildman–Crippen MR) is 49.8 cm³/mol. The van der Waals surface area contributed by atoms with E-state index in [0.717, 1.165) is 25.8 Å². The number of carbonyl (C=O) groups is 1. The Labute approximate surface area is 74.2 Å². The molecule has 2 nitrogen and oxygen atoms in total. The van der Waals surface area contributed by atoms with Crippen molar-refractivity contribution in [3.63, 3.8) is 0 Å². The van der Waals surface area contributed by atoms with Gasteiger partial charge in [0.05, 0.1) is 0 Å². The molecule has 0 radical (unpaired) electrons. The molecule has 1 amide bonds. The van der Waals surface area contributed by atoms with E-state index in [0.29, 0.717) is 6.04 Å². The third-order valence-electron chi connectivity index (χ3n) is 2.46. The summed E-state index contributed by atoms with van der Waals surface area (Å²) in [5.41, 5.74) is 0. The van der Waals surface area contributed by atoms with Crippen molar-refractivity contribution < 1.29 is 4.79 Å². The van der Waals surface area contributed by atoms with Crippen molar-refractivity contribution in [3.8, 4) is 0 Å². The Kier molecular flexibility index (Phi) is 3.32. The Morgan fingerprint density at radius 3 is 2.67 bits per heavy atom. The minimum absolute atomic E-state index is 0.190. The molecule has 0 aromatic rings. The van der Waals surface area contributed by atoms with Crippen LogP contribution in [0.1, 0.15) is 33.1 Å². The topological polar surface area (TPSA) is 20.3 Å². The quantitative estimate of drug-likeness (QED) is 0.629. The van der Waals surface area contributed by atoms with Gasteiger partial charge in [-0.1, -0.05) is 19.9 Å². The highest BCUT2D eigenvalue weighted by atomic mass is 16.2. The lowest BCUT2D eigenvalue weighted by atomic mass is 10.1. The van der Waals surface area contributed by atoms with Gasteiger partial charge >= 0.3 is 0 Å². The number of rotatable bonds is 3. The van der Waals surface area contributed by atoms with E-state index in [4.69, 9.17) is 0 Å². The van der Waals surface area contributed by atoms with Gasteiger partial charge in [-0.2, -0.15) is 0 Å². The normalized spacial score (nSPS) is 17.6. The molecule has 68 valence electrons. The summed E-state index contributed by atoms with van der Waals surface area (Å²) >= 11 is 0. The number of carbonyl (C=O) groups excluding carboxylic acids is 1. The van der Waals surface area contributed by atoms with E-state index in [-0.39, 0.29) is 5.91 Å². The standard InChI is InChI=1S/C10H17NO/c1-3-9(4-2)11-8-6-5-7-10(11)12/h5,7,9H,3-4,6,8H2,1-2H3. The van der Waals surface area contributed by atoms with Crippen molar-refractivity contribution in [3.05, 3.63) is 12.2 Å². The molecule has 12 heavy (non-hydrogen) atoms. The summed E-state index contributed by atoms with van der Waals surface area (Å²) in [5, 5.41) is 0. The average Bonchev–Trinajstić information content (AvgIpc) is 2.10. The van der Waals surface area contributed by atoms with Crippen LogP contribution >= 0.6 is 0 Å². The molecular weight excluding hydrogens is 150 g/mol. The van der Waals surface area contributed by atoms with Gasteiger partial charge in [-0.25, -0.2) is 0 Å². The van der Waals surface area contributed by atoms with Crippen LogP contribution < -0.4 is 0 Å². The maximum Gasteiger partial charge on any atom is 0.246 e. The summed E-state index contributed by atoms with van der Waals surface area (Å²) in [5.74, 6) is 0.190. The second kappa shape index (κ2) is 4.29. The fourth-order valence-electron chi connectivity index (χ4n) is 1.70. The summed E-state index contributed by atoms with van der Waals surface area (Å²) in [6, 6.07) is 0.447. The molecule has 0 saturated heterocycles. The van der Waals surface area contributed by atoms with E-state index in [9.17, 15) is 4.79 Å². The molecule has 0 saturated carbocycles. The van der Waals surface area contributed by atoms with Crippen molar-refractivity contribution in [2.24, 2.45) is 0 Å². The van der Waals surface area contributed by atoms with Crippen LogP contribution in [0.4, 0.5) is 0 Å². The van der Waals surface area contributed by atoms with Gasteiger partial charge in [0.1, 0.15) is 0 Å². The molecule has 0 atom stereocenters. The molecule has 1 aliphatic rings. The van der Waals surface area contributed by atoms with Crippen molar-refractivity contribution in [2.75, 3.05) is 6.54 Å². The van der Waals surface area contributed by atoms with Crippen molar-refractivity contribution >= 4 is 5.91 Å². The molecular formula is C10H17NO. The first-order valence-electron chi connectivity index (χ1n) is 4.76. The highest BCUT2D eigenvalue weighted by molar-refractivity contribution is 5.88. The first kappa shape index (κ1) is 9.30. The first-order chi connectivity index (χ1) is 5.79. The molecule has 0 aliphatic carbocycles. The zero-order valence-corrected chi connectivity index (χ0v) is 7.92. The third-order valence-corrected chi connectivity index (χ3v) is 2.46. The lowest BCUT2D eigenvalue weighted by Crippen LogP contribution is -2.40. The molecule has 2 heteroatoms. The van der Waals surface area contributed by atoms with Crippen LogP contribution in [0.15, 0.2) is 12.2 Å². The Morgan fingerprint density at radius 2 is 2.17 bits per heavy atom. The van der Waals surface area contributed by atoms with Crippen LogP contribution in [0.5, 0.6) is 0 Å². The zero-order chi connectivity index (χ0) is 8.97. The maximum atomic E-state index is 11.4. The largest absolute Gasteiger partial charge is 0.336 e. The van der Waals surface area contributed by atoms with Crippen molar-refractivity contribution in [1.29, 1.82) is 0 Å². The summed E-state index contributed by atoms with van der Waals surface area (Å²) in [6.45, 7) is 5.18. The Hall–Kier alpha value is -0.790. The van der Waals surface area contributed by atoms with E-state index < -0.39 is 0 Å². The second-order valence-corrected chi connectivity index (χ2v) is 3.19. The van der Waals surface area contributed by atoms with Gasteiger partial charge in [-0.3, -0.25) is 4.79 Å². The summed E-state index contributed by atoms with van der Waals surface area (Å²) in [4.78, 5) is 13.4. The van der Waals surface area contributed by atoms with Crippen LogP contribution in [0.25, 0.3) is 0 Å². The molecule has 1 rings (SSSR count). The molecule has 0 bridgehead atoms. The number of nitrogens with zero attached hydrogens (tertiary/aromatic N) is 1. The first-order valence-corrected chi connectivity index (χ1v) is 4.76. The van der Waals surface area contributed by atoms with Gasteiger partial charge in [0, 0.05) is 12.6 Å². The maximum absolute atomic E-state index is 11.4. The fourth-order valence-corrected chi connectivity index (χ4v) is 1.70. The molecule has 0 aromatic heterocycles. The Bertz CT molecular complexity index is 182. The summed E-state index contributed by atoms with van der Waals surface area (Å²) in [6.07, 6.45) is 6.80. The molecule has 0 fully saturated rings. The summed E-state index contributed by atoms with van der Waals surface area (Å²) < 4.78 is 0. The van der Waals surface area contributed by atoms with Crippen molar-refractivity contribution in [2.45, 2.75) is 39.2 Å². The van der Waals surface area contributed by atoms with Crippen LogP contribution in [0, 0.1) is 0 Å². The van der Waals surface area contributed by atoms with Gasteiger partial charge in [0.2, 0.25) is 5.91 Å². The highest BCUT2D eigenvalue weighted by Gasteiger charge is 2.20. The number of hydrogen-bond donors (Lipinski definition) is 0. The van der Waals surface area contributed by atoms with Gasteiger partial charge in [-0.05, 0) is 25.3 Å². The van der Waals surface area contributed by atoms with Gasteiger partial charge in [0.15, 0.2) is 0 Å². The van der Waals surface area contributed by atoms with Crippen molar-refractivity contribution in [1.82, 2.24) is 4.90 Å². The van der Waals surface area contributed by atoms with Crippen LogP contribution in [0.3, 0.4) is 0 Å². The molecule has 0 unspecified atom stereocenters. The van der Waals surface area contributed by atoms with Crippen LogP contribution in [-0.2, 0) is 4.79 Å². The van der Waals surface area contributed by atoms with E-state index in [2.05, 4.69) is 13.8 Å². The van der Waals surface area contributed by atoms with Crippen LogP contribution in [0.2, 0.25) is 0 Å². The average molecular weight is 167 g/mol. The Balaban J connectivity index is 2.60. The minimum atomic E-state index is 0.190. The monoisotopic (exact) mass is 167 g/mol. The predicted octanol–water partition coefficient (Wildman–Crippen LogP) is 1.96. The number of hydrogen-bond acceptors (Lipinski definition) is 1. The van der Waals surface area contributed by atoms with E-state index >= 15 is 0 Å². The lowest BCUT2D eigenvalue weighted by Gasteiger charge is -2.31.